The Hall–Kier alpha value is -0.410. The van der Waals surface area contributed by atoms with E-state index in [-0.39, 0.29) is 11.9 Å². The quantitative estimate of drug-likeness (QED) is 0.890. The third-order valence-electron chi connectivity index (χ3n) is 3.27. The lowest BCUT2D eigenvalue weighted by atomic mass is 10.0. The van der Waals surface area contributed by atoms with Crippen LogP contribution in [0.4, 0.5) is 4.39 Å². The van der Waals surface area contributed by atoms with Crippen LogP contribution in [0.25, 0.3) is 0 Å². The van der Waals surface area contributed by atoms with Gasteiger partial charge in [0, 0.05) is 16.1 Å². The number of nitrogens with one attached hydrogen (secondary N) is 1. The van der Waals surface area contributed by atoms with Crippen molar-refractivity contribution in [3.63, 3.8) is 0 Å². The summed E-state index contributed by atoms with van der Waals surface area (Å²) in [4.78, 5) is 0. The second-order valence-corrected chi connectivity index (χ2v) is 5.39. The molecule has 0 aliphatic heterocycles. The van der Waals surface area contributed by atoms with E-state index in [0.717, 1.165) is 35.0 Å². The first-order chi connectivity index (χ1) is 7.65. The fourth-order valence-electron chi connectivity index (χ4n) is 2.48. The molecule has 0 heterocycles. The van der Waals surface area contributed by atoms with Gasteiger partial charge in [-0.2, -0.15) is 0 Å². The number of benzene rings is 1. The molecule has 1 aromatic rings. The lowest BCUT2D eigenvalue weighted by Gasteiger charge is -2.18. The average Bonchev–Trinajstić information content (AvgIpc) is 2.59. The van der Waals surface area contributed by atoms with Crippen molar-refractivity contribution in [2.45, 2.75) is 32.7 Å². The Labute approximate surface area is 105 Å². The maximum absolute atomic E-state index is 13.9. The van der Waals surface area contributed by atoms with Gasteiger partial charge in [0.1, 0.15) is 5.82 Å². The van der Waals surface area contributed by atoms with E-state index in [0.29, 0.717) is 5.92 Å². The molecule has 1 nitrogen and oxygen atoms in total. The van der Waals surface area contributed by atoms with E-state index in [1.54, 1.807) is 6.07 Å². The molecule has 0 fully saturated rings. The average molecular weight is 286 g/mol. The molecule has 2 atom stereocenters. The van der Waals surface area contributed by atoms with Crippen LogP contribution in [0.2, 0.25) is 0 Å². The molecule has 0 saturated carbocycles. The standard InChI is InChI=1S/C13H17BrFN/c1-3-6-16-13-8(2)7-9-10(14)4-5-11(15)12(9)13/h4-5,8,13,16H,3,6-7H2,1-2H3. The summed E-state index contributed by atoms with van der Waals surface area (Å²) in [5, 5.41) is 3.44. The van der Waals surface area contributed by atoms with Crippen LogP contribution in [-0.4, -0.2) is 6.54 Å². The lowest BCUT2D eigenvalue weighted by molar-refractivity contribution is 0.407. The molecule has 0 spiro atoms. The second kappa shape index (κ2) is 4.84. The second-order valence-electron chi connectivity index (χ2n) is 4.53. The van der Waals surface area contributed by atoms with Crippen LogP contribution in [0.5, 0.6) is 0 Å². The zero-order chi connectivity index (χ0) is 11.7. The molecule has 88 valence electrons. The van der Waals surface area contributed by atoms with Gasteiger partial charge in [-0.15, -0.1) is 0 Å². The van der Waals surface area contributed by atoms with Gasteiger partial charge in [-0.1, -0.05) is 29.8 Å². The molecule has 0 bridgehead atoms. The van der Waals surface area contributed by atoms with Gasteiger partial charge in [-0.05, 0) is 43.0 Å². The molecule has 0 amide bonds. The van der Waals surface area contributed by atoms with E-state index in [2.05, 4.69) is 35.1 Å². The van der Waals surface area contributed by atoms with Crippen LogP contribution < -0.4 is 5.32 Å². The predicted molar refractivity (Wildman–Crippen MR) is 68.0 cm³/mol. The monoisotopic (exact) mass is 285 g/mol. The number of halogens is 2. The van der Waals surface area contributed by atoms with Crippen LogP contribution in [0.1, 0.15) is 37.4 Å². The van der Waals surface area contributed by atoms with Crippen molar-refractivity contribution in [2.24, 2.45) is 5.92 Å². The van der Waals surface area contributed by atoms with Crippen molar-refractivity contribution in [3.8, 4) is 0 Å². The van der Waals surface area contributed by atoms with Gasteiger partial charge in [0.2, 0.25) is 0 Å². The molecule has 16 heavy (non-hydrogen) atoms. The van der Waals surface area contributed by atoms with Gasteiger partial charge in [-0.25, -0.2) is 4.39 Å². The first-order valence-corrected chi connectivity index (χ1v) is 6.64. The summed E-state index contributed by atoms with van der Waals surface area (Å²) in [5.74, 6) is 0.394. The Morgan fingerprint density at radius 2 is 2.25 bits per heavy atom. The van der Waals surface area contributed by atoms with Crippen LogP contribution in [-0.2, 0) is 6.42 Å². The molecule has 0 saturated heterocycles. The Kier molecular flexibility index (Phi) is 3.65. The van der Waals surface area contributed by atoms with E-state index in [4.69, 9.17) is 0 Å². The van der Waals surface area contributed by atoms with Gasteiger partial charge >= 0.3 is 0 Å². The third kappa shape index (κ3) is 2.03. The first kappa shape index (κ1) is 12.1. The summed E-state index contributed by atoms with van der Waals surface area (Å²) in [7, 11) is 0. The fraction of sp³-hybridized carbons (Fsp3) is 0.538. The van der Waals surface area contributed by atoms with Crippen molar-refractivity contribution in [3.05, 3.63) is 33.5 Å². The molecular formula is C13H17BrFN. The highest BCUT2D eigenvalue weighted by Gasteiger charge is 2.32. The summed E-state index contributed by atoms with van der Waals surface area (Å²) in [5.41, 5.74) is 2.01. The number of fused-ring (bicyclic) bond motifs is 1. The third-order valence-corrected chi connectivity index (χ3v) is 4.01. The van der Waals surface area contributed by atoms with Crippen molar-refractivity contribution < 1.29 is 4.39 Å². The maximum atomic E-state index is 13.9. The molecule has 0 aromatic heterocycles. The van der Waals surface area contributed by atoms with Crippen molar-refractivity contribution >= 4 is 15.9 Å². The van der Waals surface area contributed by atoms with Crippen molar-refractivity contribution in [1.82, 2.24) is 5.32 Å². The van der Waals surface area contributed by atoms with E-state index in [1.165, 1.54) is 0 Å². The number of rotatable bonds is 3. The SMILES string of the molecule is CCCNC1c2c(F)ccc(Br)c2CC1C. The predicted octanol–water partition coefficient (Wildman–Crippen LogP) is 3.82. The van der Waals surface area contributed by atoms with E-state index in [9.17, 15) is 4.39 Å². The van der Waals surface area contributed by atoms with Gasteiger partial charge in [0.25, 0.3) is 0 Å². The molecule has 1 aromatic carbocycles. The summed E-state index contributed by atoms with van der Waals surface area (Å²) in [6.45, 7) is 5.25. The van der Waals surface area contributed by atoms with E-state index >= 15 is 0 Å². The Balaban J connectivity index is 2.35. The van der Waals surface area contributed by atoms with Gasteiger partial charge < -0.3 is 5.32 Å². The minimum Gasteiger partial charge on any atom is -0.310 e. The zero-order valence-electron chi connectivity index (χ0n) is 9.69. The van der Waals surface area contributed by atoms with Gasteiger partial charge in [0.15, 0.2) is 0 Å². The lowest BCUT2D eigenvalue weighted by Crippen LogP contribution is -2.25. The zero-order valence-corrected chi connectivity index (χ0v) is 11.3. The summed E-state index contributed by atoms with van der Waals surface area (Å²) in [6.07, 6.45) is 2.03. The Bertz CT molecular complexity index is 392. The maximum Gasteiger partial charge on any atom is 0.128 e. The van der Waals surface area contributed by atoms with E-state index in [1.807, 2.05) is 6.07 Å². The summed E-state index contributed by atoms with van der Waals surface area (Å²) >= 11 is 3.51. The minimum absolute atomic E-state index is 0.0730. The van der Waals surface area contributed by atoms with Crippen LogP contribution in [0.3, 0.4) is 0 Å². The van der Waals surface area contributed by atoms with Gasteiger partial charge in [-0.3, -0.25) is 0 Å². The molecule has 3 heteroatoms. The largest absolute Gasteiger partial charge is 0.310 e. The highest BCUT2D eigenvalue weighted by molar-refractivity contribution is 9.10. The van der Waals surface area contributed by atoms with Gasteiger partial charge in [0.05, 0.1) is 0 Å². The fourth-order valence-corrected chi connectivity index (χ4v) is 2.99. The molecule has 1 aliphatic rings. The summed E-state index contributed by atoms with van der Waals surface area (Å²) < 4.78 is 14.9. The molecule has 2 rings (SSSR count). The van der Waals surface area contributed by atoms with Crippen LogP contribution >= 0.6 is 15.9 Å². The highest BCUT2D eigenvalue weighted by Crippen LogP contribution is 2.40. The Morgan fingerprint density at radius 3 is 2.94 bits per heavy atom. The molecule has 1 N–H and O–H groups in total. The molecular weight excluding hydrogens is 269 g/mol. The smallest absolute Gasteiger partial charge is 0.128 e. The number of hydrogen-bond acceptors (Lipinski definition) is 1. The van der Waals surface area contributed by atoms with Crippen molar-refractivity contribution in [2.75, 3.05) is 6.54 Å². The normalized spacial score (nSPS) is 23.5. The number of hydrogen-bond donors (Lipinski definition) is 1. The Morgan fingerprint density at radius 1 is 1.50 bits per heavy atom. The molecule has 2 unspecified atom stereocenters. The van der Waals surface area contributed by atoms with Crippen LogP contribution in [0.15, 0.2) is 16.6 Å². The minimum atomic E-state index is -0.0730. The first-order valence-electron chi connectivity index (χ1n) is 5.85. The molecule has 1 aliphatic carbocycles. The van der Waals surface area contributed by atoms with Crippen molar-refractivity contribution in [1.29, 1.82) is 0 Å². The highest BCUT2D eigenvalue weighted by atomic mass is 79.9. The topological polar surface area (TPSA) is 12.0 Å². The molecule has 0 radical (unpaired) electrons. The summed E-state index contributed by atoms with van der Waals surface area (Å²) in [6, 6.07) is 3.54. The van der Waals surface area contributed by atoms with E-state index < -0.39 is 0 Å². The van der Waals surface area contributed by atoms with Crippen LogP contribution in [0, 0.1) is 11.7 Å².